The van der Waals surface area contributed by atoms with Gasteiger partial charge in [-0.2, -0.15) is 0 Å². The van der Waals surface area contributed by atoms with Crippen molar-refractivity contribution in [1.29, 1.82) is 0 Å². The van der Waals surface area contributed by atoms with Crippen molar-refractivity contribution >= 4 is 14.3 Å². The van der Waals surface area contributed by atoms with Gasteiger partial charge in [0.25, 0.3) is 0 Å². The molecule has 0 heterocycles. The highest BCUT2D eigenvalue weighted by Gasteiger charge is 2.20. The summed E-state index contributed by atoms with van der Waals surface area (Å²) in [5.41, 5.74) is 0.484. The third kappa shape index (κ3) is 14.7. The van der Waals surface area contributed by atoms with Crippen LogP contribution in [0.1, 0.15) is 71.6 Å². The molecule has 0 aliphatic carbocycles. The molecule has 0 aliphatic heterocycles. The lowest BCUT2D eigenvalue weighted by Crippen LogP contribution is -2.29. The van der Waals surface area contributed by atoms with Crippen LogP contribution in [-0.2, 0) is 14.0 Å². The summed E-state index contributed by atoms with van der Waals surface area (Å²) in [6.07, 6.45) is 11.4. The summed E-state index contributed by atoms with van der Waals surface area (Å²) in [7, 11) is -1.35. The van der Waals surface area contributed by atoms with E-state index in [0.717, 1.165) is 19.4 Å². The summed E-state index contributed by atoms with van der Waals surface area (Å²) in [6, 6.07) is 1.30. The minimum atomic E-state index is -1.35. The number of ether oxygens (including phenoxy) is 1. The third-order valence-corrected chi connectivity index (χ3v) is 6.67. The molecule has 0 bridgehead atoms. The van der Waals surface area contributed by atoms with E-state index < -0.39 is 8.32 Å². The van der Waals surface area contributed by atoms with Crippen LogP contribution >= 0.6 is 0 Å². The largest absolute Gasteiger partial charge is 0.462 e. The molecule has 0 N–H and O–H groups in total. The molecule has 0 unspecified atom stereocenters. The Balaban J connectivity index is 3.25. The summed E-state index contributed by atoms with van der Waals surface area (Å²) in [4.78, 5) is 11.2. The van der Waals surface area contributed by atoms with Gasteiger partial charge < -0.3 is 9.16 Å². The maximum atomic E-state index is 11.2. The van der Waals surface area contributed by atoms with Gasteiger partial charge in [0.2, 0.25) is 0 Å². The van der Waals surface area contributed by atoms with Crippen LogP contribution in [0.5, 0.6) is 0 Å². The first-order chi connectivity index (χ1) is 10.9. The highest BCUT2D eigenvalue weighted by atomic mass is 28.4. The van der Waals surface area contributed by atoms with Crippen LogP contribution in [0, 0.1) is 0 Å². The molecule has 0 spiro atoms. The van der Waals surface area contributed by atoms with Gasteiger partial charge in [0.15, 0.2) is 8.32 Å². The monoisotopic (exact) mass is 342 g/mol. The molecule has 0 saturated heterocycles. The minimum absolute atomic E-state index is 0.263. The van der Waals surface area contributed by atoms with Crippen LogP contribution in [-0.4, -0.2) is 27.5 Å². The van der Waals surface area contributed by atoms with Gasteiger partial charge in [-0.25, -0.2) is 4.79 Å². The van der Waals surface area contributed by atoms with E-state index in [1.807, 2.05) is 0 Å². The van der Waals surface area contributed by atoms with Crippen molar-refractivity contribution in [3.05, 3.63) is 12.2 Å². The van der Waals surface area contributed by atoms with Gasteiger partial charge in [0.1, 0.15) is 0 Å². The van der Waals surface area contributed by atoms with Gasteiger partial charge in [0.05, 0.1) is 6.61 Å². The highest BCUT2D eigenvalue weighted by molar-refractivity contribution is 6.71. The number of carbonyl (C=O) groups excluding carboxylic acids is 1. The normalized spacial score (nSPS) is 11.5. The molecule has 23 heavy (non-hydrogen) atoms. The van der Waals surface area contributed by atoms with E-state index >= 15 is 0 Å². The lowest BCUT2D eigenvalue weighted by atomic mass is 10.1. The molecular formula is C19H38O3Si. The number of carbonyl (C=O) groups is 1. The fraction of sp³-hybridized carbons (Fsp3) is 0.842. The van der Waals surface area contributed by atoms with E-state index in [4.69, 9.17) is 9.16 Å². The van der Waals surface area contributed by atoms with E-state index in [9.17, 15) is 4.79 Å². The Labute approximate surface area is 145 Å². The fourth-order valence-corrected chi connectivity index (χ4v) is 4.67. The third-order valence-electron chi connectivity index (χ3n) is 4.04. The van der Waals surface area contributed by atoms with Crippen molar-refractivity contribution in [2.24, 2.45) is 0 Å². The second-order valence-corrected chi connectivity index (χ2v) is 11.3. The standard InChI is InChI=1S/C19H38O3Si/c1-6-22-23(4,5)17-15-13-11-9-7-8-10-12-14-16-21-19(20)18(2)3/h2,6-17H2,1,3-5H3. The van der Waals surface area contributed by atoms with Gasteiger partial charge in [-0.15, -0.1) is 0 Å². The van der Waals surface area contributed by atoms with Crippen LogP contribution in [0.2, 0.25) is 19.1 Å². The Kier molecular flexibility index (Phi) is 13.4. The lowest BCUT2D eigenvalue weighted by molar-refractivity contribution is -0.139. The van der Waals surface area contributed by atoms with E-state index in [1.165, 1.54) is 51.0 Å². The van der Waals surface area contributed by atoms with Gasteiger partial charge in [0, 0.05) is 12.2 Å². The molecule has 0 radical (unpaired) electrons. The molecule has 0 aromatic rings. The molecule has 3 nitrogen and oxygen atoms in total. The summed E-state index contributed by atoms with van der Waals surface area (Å²) in [6.45, 7) is 13.4. The first-order valence-electron chi connectivity index (χ1n) is 9.35. The molecule has 0 aliphatic rings. The van der Waals surface area contributed by atoms with Gasteiger partial charge >= 0.3 is 5.97 Å². The van der Waals surface area contributed by atoms with Crippen molar-refractivity contribution in [3.8, 4) is 0 Å². The summed E-state index contributed by atoms with van der Waals surface area (Å²) in [5, 5.41) is 0. The molecule has 0 aromatic heterocycles. The Morgan fingerprint density at radius 2 is 1.39 bits per heavy atom. The van der Waals surface area contributed by atoms with Gasteiger partial charge in [-0.3, -0.25) is 0 Å². The first kappa shape index (κ1) is 22.4. The van der Waals surface area contributed by atoms with Crippen LogP contribution in [0.3, 0.4) is 0 Å². The zero-order valence-electron chi connectivity index (χ0n) is 15.9. The fourth-order valence-electron chi connectivity index (χ4n) is 2.64. The minimum Gasteiger partial charge on any atom is -0.462 e. The first-order valence-corrected chi connectivity index (χ1v) is 12.5. The summed E-state index contributed by atoms with van der Waals surface area (Å²) < 4.78 is 10.9. The van der Waals surface area contributed by atoms with Crippen molar-refractivity contribution in [2.45, 2.75) is 90.8 Å². The molecule has 0 saturated carbocycles. The SMILES string of the molecule is C=C(C)C(=O)OCCCCCCCCCCC[Si](C)(C)OCC. The van der Waals surface area contributed by atoms with Crippen LogP contribution < -0.4 is 0 Å². The molecule has 0 rings (SSSR count). The molecule has 136 valence electrons. The molecule has 0 fully saturated rings. The number of unbranched alkanes of at least 4 members (excludes halogenated alkanes) is 8. The second-order valence-electron chi connectivity index (χ2n) is 7.04. The number of hydrogen-bond donors (Lipinski definition) is 0. The Morgan fingerprint density at radius 1 is 0.913 bits per heavy atom. The van der Waals surface area contributed by atoms with E-state index in [0.29, 0.717) is 12.2 Å². The van der Waals surface area contributed by atoms with Gasteiger partial charge in [-0.05, 0) is 39.4 Å². The maximum Gasteiger partial charge on any atom is 0.333 e. The Bertz CT molecular complexity index is 327. The van der Waals surface area contributed by atoms with Crippen molar-refractivity contribution in [3.63, 3.8) is 0 Å². The maximum absolute atomic E-state index is 11.2. The quantitative estimate of drug-likeness (QED) is 0.162. The van der Waals surface area contributed by atoms with Crippen molar-refractivity contribution < 1.29 is 14.0 Å². The zero-order chi connectivity index (χ0) is 17.6. The lowest BCUT2D eigenvalue weighted by Gasteiger charge is -2.21. The van der Waals surface area contributed by atoms with Crippen LogP contribution in [0.15, 0.2) is 12.2 Å². The van der Waals surface area contributed by atoms with Crippen LogP contribution in [0.25, 0.3) is 0 Å². The van der Waals surface area contributed by atoms with Gasteiger partial charge in [-0.1, -0.05) is 57.9 Å². The number of hydrogen-bond acceptors (Lipinski definition) is 3. The van der Waals surface area contributed by atoms with E-state index in [-0.39, 0.29) is 5.97 Å². The zero-order valence-corrected chi connectivity index (χ0v) is 16.9. The Morgan fingerprint density at radius 3 is 1.87 bits per heavy atom. The number of rotatable bonds is 15. The molecule has 0 atom stereocenters. The molecule has 0 aromatic carbocycles. The Hall–Kier alpha value is -0.613. The highest BCUT2D eigenvalue weighted by Crippen LogP contribution is 2.17. The van der Waals surface area contributed by atoms with Crippen LogP contribution in [0.4, 0.5) is 0 Å². The summed E-state index contributed by atoms with van der Waals surface area (Å²) in [5.74, 6) is -0.263. The van der Waals surface area contributed by atoms with E-state index in [1.54, 1.807) is 6.92 Å². The smallest absolute Gasteiger partial charge is 0.333 e. The molecule has 0 amide bonds. The van der Waals surface area contributed by atoms with Crippen molar-refractivity contribution in [2.75, 3.05) is 13.2 Å². The average molecular weight is 343 g/mol. The van der Waals surface area contributed by atoms with Crippen molar-refractivity contribution in [1.82, 2.24) is 0 Å². The second kappa shape index (κ2) is 13.8. The molecular weight excluding hydrogens is 304 g/mol. The predicted octanol–water partition coefficient (Wildman–Crippen LogP) is 5.86. The molecule has 4 heteroatoms. The summed E-state index contributed by atoms with van der Waals surface area (Å²) >= 11 is 0. The number of esters is 1. The predicted molar refractivity (Wildman–Crippen MR) is 101 cm³/mol. The average Bonchev–Trinajstić information content (AvgIpc) is 2.47. The van der Waals surface area contributed by atoms with E-state index in [2.05, 4.69) is 26.6 Å². The topological polar surface area (TPSA) is 35.5 Å².